The fourth-order valence-corrected chi connectivity index (χ4v) is 2.22. The van der Waals surface area contributed by atoms with Crippen LogP contribution in [0.15, 0.2) is 24.3 Å². The summed E-state index contributed by atoms with van der Waals surface area (Å²) in [6.45, 7) is 1.44. The molecule has 2 rings (SSSR count). The standard InChI is InChI=1S/C13H15FO2/c14-12-3-1-10(2-4-12)13(9-15)11-5-7-16-8-6-11/h1-4,9,11,13H,5-8H2. The molecule has 1 aliphatic heterocycles. The van der Waals surface area contributed by atoms with Gasteiger partial charge in [0.15, 0.2) is 0 Å². The second kappa shape index (κ2) is 5.21. The molecule has 0 spiro atoms. The molecule has 0 aromatic heterocycles. The molecule has 86 valence electrons. The summed E-state index contributed by atoms with van der Waals surface area (Å²) >= 11 is 0. The topological polar surface area (TPSA) is 26.3 Å². The molecule has 1 saturated heterocycles. The lowest BCUT2D eigenvalue weighted by Crippen LogP contribution is -2.23. The third-order valence-electron chi connectivity index (χ3n) is 3.18. The predicted molar refractivity (Wildman–Crippen MR) is 58.7 cm³/mol. The lowest BCUT2D eigenvalue weighted by Gasteiger charge is -2.27. The second-order valence-electron chi connectivity index (χ2n) is 4.16. The average Bonchev–Trinajstić information content (AvgIpc) is 2.34. The maximum Gasteiger partial charge on any atom is 0.127 e. The smallest absolute Gasteiger partial charge is 0.127 e. The van der Waals surface area contributed by atoms with E-state index in [0.717, 1.165) is 37.9 Å². The van der Waals surface area contributed by atoms with Crippen molar-refractivity contribution in [3.05, 3.63) is 35.6 Å². The Balaban J connectivity index is 2.14. The van der Waals surface area contributed by atoms with Crippen molar-refractivity contribution in [2.75, 3.05) is 13.2 Å². The Bertz CT molecular complexity index is 341. The fourth-order valence-electron chi connectivity index (χ4n) is 2.22. The Hall–Kier alpha value is -1.22. The Morgan fingerprint density at radius 3 is 2.44 bits per heavy atom. The minimum absolute atomic E-state index is 0.121. The van der Waals surface area contributed by atoms with Gasteiger partial charge in [0.05, 0.1) is 0 Å². The van der Waals surface area contributed by atoms with Gasteiger partial charge < -0.3 is 9.53 Å². The summed E-state index contributed by atoms with van der Waals surface area (Å²) in [6, 6.07) is 6.21. The lowest BCUT2D eigenvalue weighted by atomic mass is 9.82. The molecule has 0 radical (unpaired) electrons. The van der Waals surface area contributed by atoms with Crippen LogP contribution in [-0.4, -0.2) is 19.5 Å². The minimum Gasteiger partial charge on any atom is -0.381 e. The first-order valence-electron chi connectivity index (χ1n) is 5.60. The van der Waals surface area contributed by atoms with Crippen molar-refractivity contribution in [1.29, 1.82) is 0 Å². The van der Waals surface area contributed by atoms with E-state index in [1.165, 1.54) is 12.1 Å². The van der Waals surface area contributed by atoms with Crippen LogP contribution in [-0.2, 0) is 9.53 Å². The number of hydrogen-bond acceptors (Lipinski definition) is 2. The molecule has 3 heteroatoms. The van der Waals surface area contributed by atoms with E-state index in [0.29, 0.717) is 5.92 Å². The highest BCUT2D eigenvalue weighted by Crippen LogP contribution is 2.30. The summed E-state index contributed by atoms with van der Waals surface area (Å²) in [5.74, 6) is -0.0541. The molecule has 0 amide bonds. The first kappa shape index (κ1) is 11.3. The van der Waals surface area contributed by atoms with Crippen LogP contribution in [0.25, 0.3) is 0 Å². The van der Waals surface area contributed by atoms with E-state index < -0.39 is 0 Å². The third-order valence-corrected chi connectivity index (χ3v) is 3.18. The average molecular weight is 222 g/mol. The van der Waals surface area contributed by atoms with Crippen LogP contribution in [0.1, 0.15) is 24.3 Å². The number of benzene rings is 1. The molecule has 0 saturated carbocycles. The number of halogens is 1. The molecule has 1 aromatic rings. The first-order chi connectivity index (χ1) is 7.81. The van der Waals surface area contributed by atoms with Crippen LogP contribution in [0.5, 0.6) is 0 Å². The molecule has 2 nitrogen and oxygen atoms in total. The van der Waals surface area contributed by atoms with Crippen molar-refractivity contribution in [1.82, 2.24) is 0 Å². The Morgan fingerprint density at radius 1 is 1.25 bits per heavy atom. The summed E-state index contributed by atoms with van der Waals surface area (Å²) in [7, 11) is 0. The highest BCUT2D eigenvalue weighted by Gasteiger charge is 2.24. The number of rotatable bonds is 3. The van der Waals surface area contributed by atoms with Gasteiger partial charge in [-0.05, 0) is 36.5 Å². The molecule has 1 aromatic carbocycles. The summed E-state index contributed by atoms with van der Waals surface area (Å²) in [4.78, 5) is 11.2. The van der Waals surface area contributed by atoms with Gasteiger partial charge in [0.25, 0.3) is 0 Å². The fraction of sp³-hybridized carbons (Fsp3) is 0.462. The zero-order valence-corrected chi connectivity index (χ0v) is 9.06. The van der Waals surface area contributed by atoms with Gasteiger partial charge in [-0.2, -0.15) is 0 Å². The highest BCUT2D eigenvalue weighted by molar-refractivity contribution is 5.62. The van der Waals surface area contributed by atoms with Crippen LogP contribution >= 0.6 is 0 Å². The van der Waals surface area contributed by atoms with Crippen LogP contribution in [0.3, 0.4) is 0 Å². The molecule has 0 aliphatic carbocycles. The van der Waals surface area contributed by atoms with Gasteiger partial charge in [-0.25, -0.2) is 4.39 Å². The quantitative estimate of drug-likeness (QED) is 0.734. The zero-order valence-electron chi connectivity index (χ0n) is 9.06. The van der Waals surface area contributed by atoms with Gasteiger partial charge in [0.1, 0.15) is 12.1 Å². The molecule has 1 heterocycles. The Morgan fingerprint density at radius 2 is 1.88 bits per heavy atom. The number of hydrogen-bond donors (Lipinski definition) is 0. The molecule has 1 fully saturated rings. The summed E-state index contributed by atoms with van der Waals surface area (Å²) in [5, 5.41) is 0. The molecular weight excluding hydrogens is 207 g/mol. The molecular formula is C13H15FO2. The first-order valence-corrected chi connectivity index (χ1v) is 5.60. The number of carbonyl (C=O) groups excluding carboxylic acids is 1. The van der Waals surface area contributed by atoms with Crippen molar-refractivity contribution in [3.8, 4) is 0 Å². The van der Waals surface area contributed by atoms with E-state index in [1.54, 1.807) is 12.1 Å². The highest BCUT2D eigenvalue weighted by atomic mass is 19.1. The number of aldehydes is 1. The minimum atomic E-state index is -0.264. The number of ether oxygens (including phenoxy) is 1. The predicted octanol–water partition coefficient (Wildman–Crippen LogP) is 2.53. The maximum atomic E-state index is 12.8. The van der Waals surface area contributed by atoms with Crippen molar-refractivity contribution in [2.45, 2.75) is 18.8 Å². The van der Waals surface area contributed by atoms with Crippen molar-refractivity contribution >= 4 is 6.29 Å². The number of carbonyl (C=O) groups is 1. The molecule has 1 unspecified atom stereocenters. The molecule has 0 N–H and O–H groups in total. The maximum absolute atomic E-state index is 12.8. The SMILES string of the molecule is O=CC(c1ccc(F)cc1)C1CCOCC1. The Kier molecular flexibility index (Phi) is 3.67. The van der Waals surface area contributed by atoms with E-state index in [-0.39, 0.29) is 11.7 Å². The van der Waals surface area contributed by atoms with Gasteiger partial charge in [-0.1, -0.05) is 12.1 Å². The molecule has 0 bridgehead atoms. The van der Waals surface area contributed by atoms with E-state index in [2.05, 4.69) is 0 Å². The lowest BCUT2D eigenvalue weighted by molar-refractivity contribution is -0.110. The summed E-state index contributed by atoms with van der Waals surface area (Å²) < 4.78 is 18.1. The van der Waals surface area contributed by atoms with E-state index in [4.69, 9.17) is 4.74 Å². The summed E-state index contributed by atoms with van der Waals surface area (Å²) in [6.07, 6.45) is 2.78. The van der Waals surface area contributed by atoms with E-state index in [1.807, 2.05) is 0 Å². The van der Waals surface area contributed by atoms with Crippen molar-refractivity contribution < 1.29 is 13.9 Å². The largest absolute Gasteiger partial charge is 0.381 e. The van der Waals surface area contributed by atoms with Crippen molar-refractivity contribution in [2.24, 2.45) is 5.92 Å². The van der Waals surface area contributed by atoms with Crippen molar-refractivity contribution in [3.63, 3.8) is 0 Å². The van der Waals surface area contributed by atoms with E-state index in [9.17, 15) is 9.18 Å². The van der Waals surface area contributed by atoms with Crippen LogP contribution in [0.4, 0.5) is 4.39 Å². The molecule has 1 atom stereocenters. The van der Waals surface area contributed by atoms with Crippen LogP contribution in [0.2, 0.25) is 0 Å². The van der Waals surface area contributed by atoms with Gasteiger partial charge >= 0.3 is 0 Å². The second-order valence-corrected chi connectivity index (χ2v) is 4.16. The van der Waals surface area contributed by atoms with Gasteiger partial charge in [0.2, 0.25) is 0 Å². The monoisotopic (exact) mass is 222 g/mol. The zero-order chi connectivity index (χ0) is 11.4. The molecule has 1 aliphatic rings. The van der Waals surface area contributed by atoms with E-state index >= 15 is 0 Å². The molecule has 16 heavy (non-hydrogen) atoms. The van der Waals surface area contributed by atoms with Gasteiger partial charge in [-0.15, -0.1) is 0 Å². The van der Waals surface area contributed by atoms with Gasteiger partial charge in [-0.3, -0.25) is 0 Å². The van der Waals surface area contributed by atoms with Gasteiger partial charge in [0, 0.05) is 19.1 Å². The van der Waals surface area contributed by atoms with Crippen LogP contribution < -0.4 is 0 Å². The Labute approximate surface area is 94.4 Å². The normalized spacial score (nSPS) is 19.3. The third kappa shape index (κ3) is 2.47. The summed E-state index contributed by atoms with van der Waals surface area (Å²) in [5.41, 5.74) is 0.906. The van der Waals surface area contributed by atoms with Crippen LogP contribution in [0, 0.1) is 11.7 Å².